The highest BCUT2D eigenvalue weighted by molar-refractivity contribution is 7.90. The van der Waals surface area contributed by atoms with E-state index < -0.39 is 15.9 Å². The number of pyridine rings is 1. The summed E-state index contributed by atoms with van der Waals surface area (Å²) in [6.07, 6.45) is 4.11. The fraction of sp³-hybridized carbons (Fsp3) is 0. The summed E-state index contributed by atoms with van der Waals surface area (Å²) in [5.41, 5.74) is 1.19. The lowest BCUT2D eigenvalue weighted by Gasteiger charge is -2.05. The van der Waals surface area contributed by atoms with E-state index in [-0.39, 0.29) is 22.3 Å². The lowest BCUT2D eigenvalue weighted by molar-refractivity contribution is 0.0975. The van der Waals surface area contributed by atoms with E-state index in [9.17, 15) is 18.0 Å². The lowest BCUT2D eigenvalue weighted by Crippen LogP contribution is -2.30. The molecule has 0 fully saturated rings. The molecule has 2 aromatic heterocycles. The van der Waals surface area contributed by atoms with E-state index in [2.05, 4.69) is 9.97 Å². The van der Waals surface area contributed by atoms with Crippen molar-refractivity contribution in [3.05, 3.63) is 101 Å². The van der Waals surface area contributed by atoms with Gasteiger partial charge in [-0.3, -0.25) is 14.6 Å². The van der Waals surface area contributed by atoms with Crippen LogP contribution in [0, 0.1) is 0 Å². The van der Waals surface area contributed by atoms with E-state index in [1.165, 1.54) is 30.5 Å². The summed E-state index contributed by atoms with van der Waals surface area (Å²) < 4.78 is 32.0. The van der Waals surface area contributed by atoms with Crippen molar-refractivity contribution >= 4 is 33.3 Å². The molecule has 160 valence electrons. The van der Waals surface area contributed by atoms with Gasteiger partial charge in [0.25, 0.3) is 15.9 Å². The Bertz CT molecular complexity index is 1380. The van der Waals surface area contributed by atoms with Crippen LogP contribution in [-0.4, -0.2) is 30.1 Å². The van der Waals surface area contributed by atoms with Crippen molar-refractivity contribution in [3.63, 3.8) is 0 Å². The molecule has 32 heavy (non-hydrogen) atoms. The molecule has 4 rings (SSSR count). The number of hydrogen-bond acceptors (Lipinski definition) is 7. The molecule has 0 bridgehead atoms. The Kier molecular flexibility index (Phi) is 5.85. The van der Waals surface area contributed by atoms with Crippen molar-refractivity contribution in [1.82, 2.24) is 14.7 Å². The van der Waals surface area contributed by atoms with E-state index in [4.69, 9.17) is 16.0 Å². The molecule has 0 aliphatic heterocycles. The van der Waals surface area contributed by atoms with E-state index in [0.717, 1.165) is 6.26 Å². The van der Waals surface area contributed by atoms with Crippen molar-refractivity contribution in [2.75, 3.05) is 0 Å². The molecule has 0 aliphatic rings. The Hall–Kier alpha value is -3.82. The van der Waals surface area contributed by atoms with E-state index in [1.807, 2.05) is 4.72 Å². The summed E-state index contributed by atoms with van der Waals surface area (Å²) in [5.74, 6) is -1.04. The second kappa shape index (κ2) is 8.74. The fourth-order valence-corrected chi connectivity index (χ4v) is 3.87. The van der Waals surface area contributed by atoms with Crippen molar-refractivity contribution in [2.24, 2.45) is 0 Å². The molecule has 1 N–H and O–H groups in total. The zero-order chi connectivity index (χ0) is 22.7. The molecule has 0 atom stereocenters. The van der Waals surface area contributed by atoms with Crippen molar-refractivity contribution in [3.8, 4) is 11.5 Å². The van der Waals surface area contributed by atoms with Gasteiger partial charge in [-0.25, -0.2) is 18.1 Å². The average molecular weight is 468 g/mol. The van der Waals surface area contributed by atoms with Crippen LogP contribution in [0.3, 0.4) is 0 Å². The van der Waals surface area contributed by atoms with Gasteiger partial charge in [0, 0.05) is 34.1 Å². The number of halogens is 1. The highest BCUT2D eigenvalue weighted by Gasteiger charge is 2.21. The minimum absolute atomic E-state index is 0.0967. The molecule has 8 nitrogen and oxygen atoms in total. The van der Waals surface area contributed by atoms with Crippen LogP contribution in [0.4, 0.5) is 0 Å². The number of oxazole rings is 1. The zero-order valence-corrected chi connectivity index (χ0v) is 17.8. The maximum absolute atomic E-state index is 12.5. The van der Waals surface area contributed by atoms with Crippen LogP contribution in [-0.2, 0) is 10.0 Å². The maximum atomic E-state index is 12.5. The number of nitrogens with zero attached hydrogens (tertiary/aromatic N) is 2. The summed E-state index contributed by atoms with van der Waals surface area (Å²) in [5, 5.41) is 0.365. The summed E-state index contributed by atoms with van der Waals surface area (Å²) >= 11 is 5.76. The molecule has 0 unspecified atom stereocenters. The molecule has 1 amide bonds. The normalized spacial score (nSPS) is 11.2. The van der Waals surface area contributed by atoms with Crippen molar-refractivity contribution < 1.29 is 22.4 Å². The first kappa shape index (κ1) is 21.4. The molecule has 10 heteroatoms. The summed E-state index contributed by atoms with van der Waals surface area (Å²) in [7, 11) is -4.10. The van der Waals surface area contributed by atoms with Gasteiger partial charge in [-0.2, -0.15) is 0 Å². The van der Waals surface area contributed by atoms with Gasteiger partial charge in [0.2, 0.25) is 5.89 Å². The van der Waals surface area contributed by atoms with Crippen LogP contribution in [0.15, 0.2) is 88.6 Å². The SMILES string of the molecule is O=C(c1ccc(-c2nc(C(=O)NS(=O)(=O)c3ccc(Cl)cc3)co2)cc1)c1cccnc1. The van der Waals surface area contributed by atoms with E-state index in [1.54, 1.807) is 42.6 Å². The van der Waals surface area contributed by atoms with Crippen LogP contribution >= 0.6 is 11.6 Å². The van der Waals surface area contributed by atoms with E-state index >= 15 is 0 Å². The van der Waals surface area contributed by atoms with Gasteiger partial charge in [-0.15, -0.1) is 0 Å². The molecule has 0 saturated heterocycles. The van der Waals surface area contributed by atoms with Gasteiger partial charge >= 0.3 is 0 Å². The molecular formula is C22H14ClN3O5S. The molecular weight excluding hydrogens is 454 g/mol. The topological polar surface area (TPSA) is 119 Å². The van der Waals surface area contributed by atoms with Gasteiger partial charge in [-0.05, 0) is 48.5 Å². The van der Waals surface area contributed by atoms with Crippen LogP contribution in [0.2, 0.25) is 5.02 Å². The third-order valence-corrected chi connectivity index (χ3v) is 6.00. The molecule has 0 saturated carbocycles. The molecule has 2 aromatic carbocycles. The highest BCUT2D eigenvalue weighted by Crippen LogP contribution is 2.21. The third kappa shape index (κ3) is 4.58. The number of carbonyl (C=O) groups is 2. The first-order chi connectivity index (χ1) is 15.3. The van der Waals surface area contributed by atoms with Gasteiger partial charge in [0.1, 0.15) is 6.26 Å². The van der Waals surface area contributed by atoms with Crippen molar-refractivity contribution in [2.45, 2.75) is 4.90 Å². The summed E-state index contributed by atoms with van der Waals surface area (Å²) in [6, 6.07) is 15.1. The molecule has 0 spiro atoms. The Morgan fingerprint density at radius 1 is 0.938 bits per heavy atom. The number of hydrogen-bond donors (Lipinski definition) is 1. The number of nitrogens with one attached hydrogen (secondary N) is 1. The first-order valence-electron chi connectivity index (χ1n) is 9.17. The van der Waals surface area contributed by atoms with Gasteiger partial charge in [-0.1, -0.05) is 23.7 Å². The van der Waals surface area contributed by atoms with Crippen LogP contribution in [0.25, 0.3) is 11.5 Å². The number of amides is 1. The number of sulfonamides is 1. The number of carbonyl (C=O) groups excluding carboxylic acids is 2. The molecule has 2 heterocycles. The monoisotopic (exact) mass is 467 g/mol. The molecule has 0 radical (unpaired) electrons. The zero-order valence-electron chi connectivity index (χ0n) is 16.2. The minimum Gasteiger partial charge on any atom is -0.444 e. The Morgan fingerprint density at radius 3 is 2.31 bits per heavy atom. The van der Waals surface area contributed by atoms with Crippen LogP contribution in [0.5, 0.6) is 0 Å². The first-order valence-corrected chi connectivity index (χ1v) is 11.0. The average Bonchev–Trinajstić information content (AvgIpc) is 3.30. The summed E-state index contributed by atoms with van der Waals surface area (Å²) in [6.45, 7) is 0. The van der Waals surface area contributed by atoms with Crippen LogP contribution < -0.4 is 4.72 Å². The van der Waals surface area contributed by atoms with Gasteiger partial charge in [0.05, 0.1) is 4.90 Å². The van der Waals surface area contributed by atoms with Gasteiger partial charge < -0.3 is 4.42 Å². The number of benzene rings is 2. The maximum Gasteiger partial charge on any atom is 0.286 e. The third-order valence-electron chi connectivity index (χ3n) is 4.41. The number of rotatable bonds is 6. The number of ketones is 1. The molecule has 4 aromatic rings. The fourth-order valence-electron chi connectivity index (χ4n) is 2.79. The smallest absolute Gasteiger partial charge is 0.286 e. The minimum atomic E-state index is -4.10. The summed E-state index contributed by atoms with van der Waals surface area (Å²) in [4.78, 5) is 32.7. The Morgan fingerprint density at radius 2 is 1.66 bits per heavy atom. The second-order valence-electron chi connectivity index (χ2n) is 6.57. The van der Waals surface area contributed by atoms with E-state index in [0.29, 0.717) is 21.7 Å². The largest absolute Gasteiger partial charge is 0.444 e. The predicted molar refractivity (Wildman–Crippen MR) is 116 cm³/mol. The lowest BCUT2D eigenvalue weighted by atomic mass is 10.0. The van der Waals surface area contributed by atoms with Crippen LogP contribution in [0.1, 0.15) is 26.4 Å². The predicted octanol–water partition coefficient (Wildman–Crippen LogP) is 3.74. The number of aromatic nitrogens is 2. The second-order valence-corrected chi connectivity index (χ2v) is 8.69. The standard InChI is InChI=1S/C22H14ClN3O5S/c23-17-7-9-18(10-8-17)32(29,30)26-21(28)19-13-31-22(25-19)15-5-3-14(4-6-15)20(27)16-2-1-11-24-12-16/h1-13H,(H,26,28). The Labute approximate surface area is 188 Å². The van der Waals surface area contributed by atoms with Crippen molar-refractivity contribution in [1.29, 1.82) is 0 Å². The Balaban J connectivity index is 1.49. The van der Waals surface area contributed by atoms with Gasteiger partial charge in [0.15, 0.2) is 11.5 Å². The molecule has 0 aliphatic carbocycles. The quantitative estimate of drug-likeness (QED) is 0.429. The highest BCUT2D eigenvalue weighted by atomic mass is 35.5.